The molecule has 5 heteroatoms. The Morgan fingerprint density at radius 2 is 2.33 bits per heavy atom. The Labute approximate surface area is 86.0 Å². The summed E-state index contributed by atoms with van der Waals surface area (Å²) in [5.74, 6) is -1.42. The summed E-state index contributed by atoms with van der Waals surface area (Å²) in [6.07, 6.45) is 0.447. The molecule has 0 bridgehead atoms. The van der Waals surface area contributed by atoms with Gasteiger partial charge in [-0.2, -0.15) is 0 Å². The third kappa shape index (κ3) is 2.77. The molecule has 0 aromatic heterocycles. The van der Waals surface area contributed by atoms with Gasteiger partial charge >= 0.3 is 5.97 Å². The van der Waals surface area contributed by atoms with Gasteiger partial charge in [0.2, 0.25) is 6.41 Å². The standard InChI is InChI=1S/C10H10FNO3/c1-2-15-10(14)8-5-7(12-6-13)3-4-9(8)11/h3-6H,2H2,1H3,(H,12,13). The summed E-state index contributed by atoms with van der Waals surface area (Å²) >= 11 is 0. The van der Waals surface area contributed by atoms with Crippen molar-refractivity contribution in [2.75, 3.05) is 11.9 Å². The molecule has 0 atom stereocenters. The summed E-state index contributed by atoms with van der Waals surface area (Å²) in [6, 6.07) is 3.67. The minimum atomic E-state index is -0.746. The second kappa shape index (κ2) is 5.09. The van der Waals surface area contributed by atoms with E-state index in [0.717, 1.165) is 6.07 Å². The van der Waals surface area contributed by atoms with Gasteiger partial charge in [0, 0.05) is 5.69 Å². The smallest absolute Gasteiger partial charge is 0.341 e. The number of benzene rings is 1. The quantitative estimate of drug-likeness (QED) is 0.607. The Hall–Kier alpha value is -1.91. The number of hydrogen-bond acceptors (Lipinski definition) is 3. The molecule has 0 radical (unpaired) electrons. The Bertz CT molecular complexity index is 379. The first-order valence-electron chi connectivity index (χ1n) is 4.36. The van der Waals surface area contributed by atoms with Gasteiger partial charge in [-0.15, -0.1) is 0 Å². The van der Waals surface area contributed by atoms with E-state index in [9.17, 15) is 14.0 Å². The number of hydrogen-bond donors (Lipinski definition) is 1. The van der Waals surface area contributed by atoms with E-state index in [0.29, 0.717) is 12.1 Å². The molecule has 1 aromatic carbocycles. The highest BCUT2D eigenvalue weighted by atomic mass is 19.1. The summed E-state index contributed by atoms with van der Waals surface area (Å²) in [4.78, 5) is 21.4. The molecular weight excluding hydrogens is 201 g/mol. The zero-order valence-corrected chi connectivity index (χ0v) is 8.12. The van der Waals surface area contributed by atoms with E-state index < -0.39 is 11.8 Å². The van der Waals surface area contributed by atoms with Gasteiger partial charge in [-0.05, 0) is 25.1 Å². The van der Waals surface area contributed by atoms with Crippen molar-refractivity contribution in [3.8, 4) is 0 Å². The summed E-state index contributed by atoms with van der Waals surface area (Å²) in [7, 11) is 0. The van der Waals surface area contributed by atoms with E-state index in [1.165, 1.54) is 12.1 Å². The number of halogens is 1. The molecule has 80 valence electrons. The van der Waals surface area contributed by atoms with E-state index in [1.807, 2.05) is 0 Å². The molecule has 1 N–H and O–H groups in total. The number of amides is 1. The lowest BCUT2D eigenvalue weighted by Crippen LogP contribution is -2.08. The van der Waals surface area contributed by atoms with Gasteiger partial charge in [-0.3, -0.25) is 4.79 Å². The molecule has 0 spiro atoms. The van der Waals surface area contributed by atoms with Crippen LogP contribution in [0.2, 0.25) is 0 Å². The lowest BCUT2D eigenvalue weighted by Gasteiger charge is -2.05. The van der Waals surface area contributed by atoms with E-state index in [4.69, 9.17) is 0 Å². The van der Waals surface area contributed by atoms with Crippen LogP contribution in [-0.2, 0) is 9.53 Å². The van der Waals surface area contributed by atoms with Gasteiger partial charge in [0.25, 0.3) is 0 Å². The normalized spacial score (nSPS) is 9.47. The molecule has 15 heavy (non-hydrogen) atoms. The molecule has 0 unspecified atom stereocenters. The van der Waals surface area contributed by atoms with Crippen molar-refractivity contribution in [2.24, 2.45) is 0 Å². The Morgan fingerprint density at radius 3 is 2.93 bits per heavy atom. The number of anilines is 1. The predicted molar refractivity (Wildman–Crippen MR) is 52.0 cm³/mol. The van der Waals surface area contributed by atoms with E-state index in [-0.39, 0.29) is 12.2 Å². The van der Waals surface area contributed by atoms with E-state index >= 15 is 0 Å². The molecule has 1 aromatic rings. The van der Waals surface area contributed by atoms with Crippen molar-refractivity contribution in [1.29, 1.82) is 0 Å². The van der Waals surface area contributed by atoms with Crippen LogP contribution in [0, 0.1) is 5.82 Å². The predicted octanol–water partition coefficient (Wildman–Crippen LogP) is 1.57. The fraction of sp³-hybridized carbons (Fsp3) is 0.200. The van der Waals surface area contributed by atoms with Crippen molar-refractivity contribution < 1.29 is 18.7 Å². The van der Waals surface area contributed by atoms with Crippen molar-refractivity contribution in [3.05, 3.63) is 29.6 Å². The highest BCUT2D eigenvalue weighted by Crippen LogP contribution is 2.15. The monoisotopic (exact) mass is 211 g/mol. The maximum absolute atomic E-state index is 13.2. The molecule has 0 aliphatic rings. The van der Waals surface area contributed by atoms with Gasteiger partial charge in [0.05, 0.1) is 12.2 Å². The zero-order chi connectivity index (χ0) is 11.3. The maximum Gasteiger partial charge on any atom is 0.341 e. The Kier molecular flexibility index (Phi) is 3.79. The SMILES string of the molecule is CCOC(=O)c1cc(NC=O)ccc1F. The van der Waals surface area contributed by atoms with E-state index in [1.54, 1.807) is 6.92 Å². The second-order valence-corrected chi connectivity index (χ2v) is 2.68. The van der Waals surface area contributed by atoms with Gasteiger partial charge in [-0.1, -0.05) is 0 Å². The third-order valence-electron chi connectivity index (χ3n) is 1.69. The van der Waals surface area contributed by atoms with Crippen LogP contribution >= 0.6 is 0 Å². The van der Waals surface area contributed by atoms with Crippen molar-refractivity contribution in [3.63, 3.8) is 0 Å². The van der Waals surface area contributed by atoms with Crippen LogP contribution in [0.15, 0.2) is 18.2 Å². The fourth-order valence-electron chi connectivity index (χ4n) is 1.05. The molecule has 0 saturated carbocycles. The first-order valence-corrected chi connectivity index (χ1v) is 4.36. The van der Waals surface area contributed by atoms with E-state index in [2.05, 4.69) is 10.1 Å². The van der Waals surface area contributed by atoms with Gasteiger partial charge in [0.15, 0.2) is 0 Å². The fourth-order valence-corrected chi connectivity index (χ4v) is 1.05. The van der Waals surface area contributed by atoms with Gasteiger partial charge in [-0.25, -0.2) is 9.18 Å². The highest BCUT2D eigenvalue weighted by molar-refractivity contribution is 5.91. The van der Waals surface area contributed by atoms with Crippen molar-refractivity contribution >= 4 is 18.1 Å². The van der Waals surface area contributed by atoms with Gasteiger partial charge in [0.1, 0.15) is 5.82 Å². The first-order chi connectivity index (χ1) is 7.19. The summed E-state index contributed by atoms with van der Waals surface area (Å²) in [5, 5.41) is 2.32. The average Bonchev–Trinajstić information content (AvgIpc) is 2.21. The Balaban J connectivity index is 2.99. The van der Waals surface area contributed by atoms with Crippen LogP contribution in [0.4, 0.5) is 10.1 Å². The topological polar surface area (TPSA) is 55.4 Å². The molecule has 1 amide bonds. The Morgan fingerprint density at radius 1 is 1.60 bits per heavy atom. The average molecular weight is 211 g/mol. The minimum absolute atomic E-state index is 0.170. The third-order valence-corrected chi connectivity index (χ3v) is 1.69. The molecule has 0 aliphatic carbocycles. The van der Waals surface area contributed by atoms with Crippen LogP contribution in [0.3, 0.4) is 0 Å². The van der Waals surface area contributed by atoms with Crippen LogP contribution in [0.5, 0.6) is 0 Å². The van der Waals surface area contributed by atoms with Crippen LogP contribution in [-0.4, -0.2) is 19.0 Å². The van der Waals surface area contributed by atoms with Crippen LogP contribution < -0.4 is 5.32 Å². The molecule has 0 saturated heterocycles. The number of carbonyl (C=O) groups is 2. The molecule has 0 fully saturated rings. The minimum Gasteiger partial charge on any atom is -0.462 e. The summed E-state index contributed by atoms with van der Waals surface area (Å²) < 4.78 is 17.8. The summed E-state index contributed by atoms with van der Waals surface area (Å²) in [5.41, 5.74) is 0.151. The molecular formula is C10H10FNO3. The van der Waals surface area contributed by atoms with Crippen molar-refractivity contribution in [2.45, 2.75) is 6.92 Å². The number of rotatable bonds is 4. The van der Waals surface area contributed by atoms with Crippen LogP contribution in [0.25, 0.3) is 0 Å². The van der Waals surface area contributed by atoms with Gasteiger partial charge < -0.3 is 10.1 Å². The molecule has 1 rings (SSSR count). The molecule has 0 heterocycles. The summed E-state index contributed by atoms with van der Waals surface area (Å²) in [6.45, 7) is 1.80. The van der Waals surface area contributed by atoms with Crippen molar-refractivity contribution in [1.82, 2.24) is 0 Å². The number of carbonyl (C=O) groups excluding carboxylic acids is 2. The zero-order valence-electron chi connectivity index (χ0n) is 8.12. The second-order valence-electron chi connectivity index (χ2n) is 2.68. The maximum atomic E-state index is 13.2. The largest absolute Gasteiger partial charge is 0.462 e. The lowest BCUT2D eigenvalue weighted by atomic mass is 10.2. The number of nitrogens with one attached hydrogen (secondary N) is 1. The number of esters is 1. The number of ether oxygens (including phenoxy) is 1. The first kappa shape index (κ1) is 11.2. The molecule has 0 aliphatic heterocycles. The highest BCUT2D eigenvalue weighted by Gasteiger charge is 2.13. The van der Waals surface area contributed by atoms with Crippen LogP contribution in [0.1, 0.15) is 17.3 Å². The lowest BCUT2D eigenvalue weighted by molar-refractivity contribution is -0.105. The molecule has 4 nitrogen and oxygen atoms in total.